The van der Waals surface area contributed by atoms with E-state index >= 15 is 0 Å². The van der Waals surface area contributed by atoms with Gasteiger partial charge in [-0.1, -0.05) is 0 Å². The van der Waals surface area contributed by atoms with Gasteiger partial charge in [-0.3, -0.25) is 0 Å². The van der Waals surface area contributed by atoms with Crippen molar-refractivity contribution in [1.82, 2.24) is 0 Å². The van der Waals surface area contributed by atoms with Crippen molar-refractivity contribution >= 4 is 11.2 Å². The van der Waals surface area contributed by atoms with Gasteiger partial charge in [0, 0.05) is 6.26 Å². The van der Waals surface area contributed by atoms with Crippen LogP contribution in [0.15, 0.2) is 0 Å². The van der Waals surface area contributed by atoms with Crippen molar-refractivity contribution in [3.8, 4) is 0 Å². The maximum absolute atomic E-state index is 8.01. The molecular formula is C2H7OS. The van der Waals surface area contributed by atoms with Crippen molar-refractivity contribution in [2.24, 2.45) is 0 Å². The first-order valence-corrected chi connectivity index (χ1v) is 2.89. The molecule has 1 nitrogen and oxygen atoms in total. The fourth-order valence-corrected chi connectivity index (χ4v) is 0. The minimum absolute atomic E-state index is 0.870. The van der Waals surface area contributed by atoms with Gasteiger partial charge >= 0.3 is 0 Å². The molecular weight excluding hydrogens is 72.1 g/mol. The van der Waals surface area contributed by atoms with Gasteiger partial charge in [0.05, 0.1) is 0 Å². The Labute approximate surface area is 29.2 Å². The van der Waals surface area contributed by atoms with E-state index in [-0.39, 0.29) is 0 Å². The molecule has 0 fully saturated rings. The van der Waals surface area contributed by atoms with Crippen LogP contribution in [0, 0.1) is 6.26 Å². The van der Waals surface area contributed by atoms with Crippen LogP contribution in [-0.4, -0.2) is 10.8 Å². The van der Waals surface area contributed by atoms with Crippen LogP contribution in [0.4, 0.5) is 0 Å². The fourth-order valence-electron chi connectivity index (χ4n) is 0. The van der Waals surface area contributed by atoms with Gasteiger partial charge in [0.2, 0.25) is 0 Å². The van der Waals surface area contributed by atoms with Gasteiger partial charge < -0.3 is 4.55 Å². The summed E-state index contributed by atoms with van der Waals surface area (Å²) in [5.74, 6) is 0. The number of hydrogen-bond donors (Lipinski definition) is 2. The van der Waals surface area contributed by atoms with Gasteiger partial charge in [0.1, 0.15) is 0 Å². The largest absolute Gasteiger partial charge is 0.354 e. The predicted molar refractivity (Wildman–Crippen MR) is 22.9 cm³/mol. The van der Waals surface area contributed by atoms with Crippen LogP contribution in [0.25, 0.3) is 0 Å². The molecule has 0 heterocycles. The second-order valence-electron chi connectivity index (χ2n) is 0.658. The summed E-state index contributed by atoms with van der Waals surface area (Å²) >= 11 is -0.870. The van der Waals surface area contributed by atoms with Crippen LogP contribution < -0.4 is 0 Å². The first-order valence-electron chi connectivity index (χ1n) is 0.963. The molecule has 1 radical (unpaired) electrons. The third-order valence-electron chi connectivity index (χ3n) is 0. The van der Waals surface area contributed by atoms with E-state index in [1.165, 1.54) is 0 Å². The summed E-state index contributed by atoms with van der Waals surface area (Å²) in [6.07, 6.45) is 4.94. The highest BCUT2D eigenvalue weighted by atomic mass is 32.2. The second kappa shape index (κ2) is 1.61. The second-order valence-corrected chi connectivity index (χ2v) is 1.97. The first-order chi connectivity index (χ1) is 1.73. The Balaban J connectivity index is 2.32. The molecule has 0 aromatic rings. The zero-order valence-corrected chi connectivity index (χ0v) is 3.50. The predicted octanol–water partition coefficient (Wildman–Crippen LogP) is 0.882. The Morgan fingerprint density at radius 3 is 2.00 bits per heavy atom. The molecule has 27 valence electrons. The average molecular weight is 79.1 g/mol. The Hall–Kier alpha value is 0.310. The van der Waals surface area contributed by atoms with Crippen molar-refractivity contribution in [2.75, 3.05) is 6.26 Å². The molecule has 0 aromatic carbocycles. The summed E-state index contributed by atoms with van der Waals surface area (Å²) in [6.45, 7) is 0. The van der Waals surface area contributed by atoms with E-state index in [0.717, 1.165) is 0 Å². The summed E-state index contributed by atoms with van der Waals surface area (Å²) in [6, 6.07) is 0. The zero-order chi connectivity index (χ0) is 3.58. The van der Waals surface area contributed by atoms with Gasteiger partial charge in [0.25, 0.3) is 0 Å². The summed E-state index contributed by atoms with van der Waals surface area (Å²) in [7, 11) is 0. The topological polar surface area (TPSA) is 20.2 Å². The van der Waals surface area contributed by atoms with E-state index in [9.17, 15) is 0 Å². The molecule has 0 aromatic heterocycles. The van der Waals surface area contributed by atoms with Crippen molar-refractivity contribution in [2.45, 2.75) is 0 Å². The molecule has 0 rings (SSSR count). The van der Waals surface area contributed by atoms with Crippen LogP contribution in [0.5, 0.6) is 0 Å². The standard InChI is InChI=1S/C2H7OS/c1-4(2)3/h3-4H,1H2,2H3. The minimum Gasteiger partial charge on any atom is -0.354 e. The van der Waals surface area contributed by atoms with Crippen LogP contribution in [0.2, 0.25) is 0 Å². The van der Waals surface area contributed by atoms with Gasteiger partial charge in [-0.15, -0.1) is 0 Å². The SMILES string of the molecule is [CH2][SH](C)O. The third kappa shape index (κ3) is 41.3. The van der Waals surface area contributed by atoms with Crippen LogP contribution >= 0.6 is 11.2 Å². The van der Waals surface area contributed by atoms with Gasteiger partial charge in [0.15, 0.2) is 0 Å². The van der Waals surface area contributed by atoms with E-state index < -0.39 is 11.2 Å². The molecule has 1 N–H and O–H groups in total. The molecule has 0 bridgehead atoms. The summed E-state index contributed by atoms with van der Waals surface area (Å²) in [5.41, 5.74) is 0. The summed E-state index contributed by atoms with van der Waals surface area (Å²) in [5, 5.41) is 0. The van der Waals surface area contributed by atoms with E-state index in [1.807, 2.05) is 0 Å². The molecule has 0 spiro atoms. The maximum atomic E-state index is 8.01. The highest BCUT2D eigenvalue weighted by molar-refractivity contribution is 8.12. The van der Waals surface area contributed by atoms with Crippen molar-refractivity contribution in [1.29, 1.82) is 0 Å². The van der Waals surface area contributed by atoms with E-state index in [1.54, 1.807) is 6.26 Å². The average Bonchev–Trinajstić information content (AvgIpc) is 0.811. The molecule has 1 unspecified atom stereocenters. The quantitative estimate of drug-likeness (QED) is 0.413. The van der Waals surface area contributed by atoms with Gasteiger partial charge in [-0.05, 0) is 6.26 Å². The highest BCUT2D eigenvalue weighted by Crippen LogP contribution is 2.04. The molecule has 2 heteroatoms. The lowest BCUT2D eigenvalue weighted by Crippen LogP contribution is -1.53. The summed E-state index contributed by atoms with van der Waals surface area (Å²) < 4.78 is 8.01. The molecule has 0 aliphatic rings. The number of hydrogen-bond acceptors (Lipinski definition) is 1. The van der Waals surface area contributed by atoms with Crippen LogP contribution in [-0.2, 0) is 0 Å². The lowest BCUT2D eigenvalue weighted by molar-refractivity contribution is 0.659. The Bertz CT molecular complexity index is 10.8. The van der Waals surface area contributed by atoms with E-state index in [4.69, 9.17) is 4.55 Å². The van der Waals surface area contributed by atoms with E-state index in [2.05, 4.69) is 6.26 Å². The molecule has 0 amide bonds. The Kier molecular flexibility index (Phi) is 1.74. The monoisotopic (exact) mass is 79.0 g/mol. The molecule has 0 aliphatic carbocycles. The third-order valence-corrected chi connectivity index (χ3v) is 0. The molecule has 4 heavy (non-hydrogen) atoms. The van der Waals surface area contributed by atoms with Crippen LogP contribution in [0.3, 0.4) is 0 Å². The zero-order valence-electron chi connectivity index (χ0n) is 2.60. The molecule has 0 saturated heterocycles. The first kappa shape index (κ1) is 4.31. The number of rotatable bonds is 0. The molecule has 0 saturated carbocycles. The number of thiol groups is 1. The van der Waals surface area contributed by atoms with Gasteiger partial charge in [-0.25, -0.2) is 0 Å². The highest BCUT2D eigenvalue weighted by Gasteiger charge is 1.60. The van der Waals surface area contributed by atoms with Crippen molar-refractivity contribution in [3.05, 3.63) is 6.26 Å². The van der Waals surface area contributed by atoms with E-state index in [0.29, 0.717) is 0 Å². The lowest BCUT2D eigenvalue weighted by Gasteiger charge is -1.88. The van der Waals surface area contributed by atoms with Gasteiger partial charge in [-0.2, -0.15) is 11.2 Å². The normalized spacial score (nSPS) is 11.2. The van der Waals surface area contributed by atoms with Crippen LogP contribution in [0.1, 0.15) is 0 Å². The lowest BCUT2D eigenvalue weighted by atomic mass is 11.9. The smallest absolute Gasteiger partial charge is 0.00529 e. The Morgan fingerprint density at radius 2 is 2.00 bits per heavy atom. The fraction of sp³-hybridized carbons (Fsp3) is 0.500. The maximum Gasteiger partial charge on any atom is 0.00529 e. The van der Waals surface area contributed by atoms with Crippen molar-refractivity contribution in [3.63, 3.8) is 0 Å². The molecule has 0 aliphatic heterocycles. The Morgan fingerprint density at radius 1 is 2.00 bits per heavy atom. The molecule has 1 atom stereocenters. The van der Waals surface area contributed by atoms with Crippen molar-refractivity contribution < 1.29 is 4.55 Å². The minimum atomic E-state index is -0.870. The summed E-state index contributed by atoms with van der Waals surface area (Å²) in [4.78, 5) is 0.